The summed E-state index contributed by atoms with van der Waals surface area (Å²) in [5, 5.41) is 3.33. The van der Waals surface area contributed by atoms with Gasteiger partial charge in [-0.1, -0.05) is 11.6 Å². The van der Waals surface area contributed by atoms with E-state index < -0.39 is 0 Å². The Kier molecular flexibility index (Phi) is 4.95. The lowest BCUT2D eigenvalue weighted by Gasteiger charge is -2.11. The lowest BCUT2D eigenvalue weighted by molar-refractivity contribution is 0.0904. The van der Waals surface area contributed by atoms with Crippen LogP contribution in [-0.4, -0.2) is 29.3 Å². The molecule has 0 radical (unpaired) electrons. The molecule has 0 fully saturated rings. The summed E-state index contributed by atoms with van der Waals surface area (Å²) in [6, 6.07) is 7.62. The van der Waals surface area contributed by atoms with Gasteiger partial charge in [-0.3, -0.25) is 9.59 Å². The van der Waals surface area contributed by atoms with Crippen molar-refractivity contribution in [3.8, 4) is 16.2 Å². The molecule has 144 valence electrons. The molecule has 0 bridgehead atoms. The van der Waals surface area contributed by atoms with Crippen LogP contribution in [0.15, 0.2) is 35.1 Å². The fourth-order valence-electron chi connectivity index (χ4n) is 3.13. The molecule has 0 spiro atoms. The van der Waals surface area contributed by atoms with E-state index in [0.29, 0.717) is 34.3 Å². The maximum absolute atomic E-state index is 12.2. The van der Waals surface area contributed by atoms with E-state index in [1.165, 1.54) is 17.7 Å². The van der Waals surface area contributed by atoms with Gasteiger partial charge in [0, 0.05) is 16.9 Å². The number of carbonyl (C=O) groups excluding carboxylic acids is 2. The number of rotatable bonds is 5. The van der Waals surface area contributed by atoms with Crippen LogP contribution in [0, 0.1) is 6.92 Å². The molecule has 1 N–H and O–H groups in total. The number of aromatic nitrogens is 1. The van der Waals surface area contributed by atoms with Crippen molar-refractivity contribution < 1.29 is 18.7 Å². The predicted molar refractivity (Wildman–Crippen MR) is 106 cm³/mol. The summed E-state index contributed by atoms with van der Waals surface area (Å²) >= 11 is 7.87. The van der Waals surface area contributed by atoms with Crippen LogP contribution in [0.5, 0.6) is 5.75 Å². The largest absolute Gasteiger partial charge is 0.486 e. The highest BCUT2D eigenvalue weighted by molar-refractivity contribution is 7.17. The number of ether oxygens (including phenoxy) is 1. The number of nitrogens with one attached hydrogen (secondary N) is 1. The van der Waals surface area contributed by atoms with Crippen molar-refractivity contribution in [2.24, 2.45) is 0 Å². The Morgan fingerprint density at radius 1 is 1.36 bits per heavy atom. The quantitative estimate of drug-likeness (QED) is 0.627. The normalized spacial score (nSPS) is 15.2. The maximum atomic E-state index is 12.2. The number of nitrogens with zero attached hydrogens (tertiary/aromatic N) is 1. The van der Waals surface area contributed by atoms with E-state index in [1.54, 1.807) is 13.8 Å². The maximum Gasteiger partial charge on any atom is 0.289 e. The molecule has 1 aliphatic rings. The molecular weight excluding hydrogens is 400 g/mol. The summed E-state index contributed by atoms with van der Waals surface area (Å²) in [7, 11) is 0. The molecule has 6 nitrogen and oxygen atoms in total. The van der Waals surface area contributed by atoms with Gasteiger partial charge < -0.3 is 14.5 Å². The minimum Gasteiger partial charge on any atom is -0.486 e. The fourth-order valence-corrected chi connectivity index (χ4v) is 4.30. The summed E-state index contributed by atoms with van der Waals surface area (Å²) in [5.74, 6) is 0.569. The summed E-state index contributed by atoms with van der Waals surface area (Å²) in [5.41, 5.74) is 2.48. The fraction of sp³-hybridized carbons (Fsp3) is 0.250. The number of halogens is 1. The highest BCUT2D eigenvalue weighted by Crippen LogP contribution is 2.41. The zero-order valence-corrected chi connectivity index (χ0v) is 16.8. The predicted octanol–water partition coefficient (Wildman–Crippen LogP) is 4.30. The van der Waals surface area contributed by atoms with Gasteiger partial charge in [0.2, 0.25) is 5.76 Å². The minimum absolute atomic E-state index is 0.0460. The van der Waals surface area contributed by atoms with E-state index in [1.807, 2.05) is 24.3 Å². The first kappa shape index (κ1) is 18.7. The highest BCUT2D eigenvalue weighted by atomic mass is 35.5. The average Bonchev–Trinajstić information content (AvgIpc) is 3.38. The number of oxazole rings is 1. The second-order valence-electron chi connectivity index (χ2n) is 6.59. The highest BCUT2D eigenvalue weighted by Gasteiger charge is 2.27. The van der Waals surface area contributed by atoms with Crippen molar-refractivity contribution >= 4 is 34.6 Å². The molecule has 1 atom stereocenters. The third kappa shape index (κ3) is 3.55. The van der Waals surface area contributed by atoms with Gasteiger partial charge in [-0.2, -0.15) is 0 Å². The van der Waals surface area contributed by atoms with E-state index in [9.17, 15) is 9.59 Å². The molecule has 1 aromatic carbocycles. The Labute approximate surface area is 170 Å². The van der Waals surface area contributed by atoms with Gasteiger partial charge in [0.15, 0.2) is 12.2 Å². The van der Waals surface area contributed by atoms with E-state index in [2.05, 4.69) is 10.3 Å². The van der Waals surface area contributed by atoms with Gasteiger partial charge in [0.1, 0.15) is 11.9 Å². The number of aryl methyl sites for hydroxylation is 1. The Bertz CT molecular complexity index is 1070. The smallest absolute Gasteiger partial charge is 0.289 e. The number of amides is 1. The first-order chi connectivity index (χ1) is 13.4. The second-order valence-corrected chi connectivity index (χ2v) is 8.08. The van der Waals surface area contributed by atoms with Crippen LogP contribution in [0.2, 0.25) is 5.02 Å². The van der Waals surface area contributed by atoms with Crippen LogP contribution in [0.1, 0.15) is 38.4 Å². The molecule has 8 heteroatoms. The number of carbonyl (C=O) groups is 2. The van der Waals surface area contributed by atoms with E-state index in [0.717, 1.165) is 16.0 Å². The Hall–Kier alpha value is -2.64. The number of hydrogen-bond donors (Lipinski definition) is 1. The van der Waals surface area contributed by atoms with Crippen LogP contribution >= 0.6 is 22.9 Å². The Morgan fingerprint density at radius 2 is 2.18 bits per heavy atom. The average molecular weight is 417 g/mol. The first-order valence-electron chi connectivity index (χ1n) is 8.71. The summed E-state index contributed by atoms with van der Waals surface area (Å²) in [4.78, 5) is 29.3. The molecule has 1 aliphatic heterocycles. The van der Waals surface area contributed by atoms with Gasteiger partial charge >= 0.3 is 0 Å². The van der Waals surface area contributed by atoms with E-state index in [4.69, 9.17) is 20.8 Å². The van der Waals surface area contributed by atoms with Crippen LogP contribution < -0.4 is 10.1 Å². The Morgan fingerprint density at radius 3 is 2.86 bits per heavy atom. The van der Waals surface area contributed by atoms with Gasteiger partial charge in [-0.15, -0.1) is 11.3 Å². The molecule has 1 unspecified atom stereocenters. The van der Waals surface area contributed by atoms with Crippen LogP contribution in [0.4, 0.5) is 0 Å². The molecule has 0 aliphatic carbocycles. The third-order valence-electron chi connectivity index (χ3n) is 4.53. The molecule has 1 amide bonds. The van der Waals surface area contributed by atoms with Crippen LogP contribution in [0.25, 0.3) is 10.4 Å². The SMILES string of the molecule is CC(=O)c1ccc(-c2cc(Cl)c3c(c2)CC(CNC(=O)c2ocnc2C)O3)s1. The molecule has 3 aromatic rings. The zero-order valence-electron chi connectivity index (χ0n) is 15.2. The van der Waals surface area contributed by atoms with Crippen molar-refractivity contribution in [2.45, 2.75) is 26.4 Å². The van der Waals surface area contributed by atoms with Crippen molar-refractivity contribution in [1.29, 1.82) is 0 Å². The first-order valence-corrected chi connectivity index (χ1v) is 9.90. The van der Waals surface area contributed by atoms with Gasteiger partial charge in [0.25, 0.3) is 5.91 Å². The van der Waals surface area contributed by atoms with Gasteiger partial charge in [0.05, 0.1) is 22.1 Å². The molecule has 0 saturated heterocycles. The summed E-state index contributed by atoms with van der Waals surface area (Å²) < 4.78 is 11.0. The number of fused-ring (bicyclic) bond motifs is 1. The number of thiophene rings is 1. The van der Waals surface area contributed by atoms with E-state index >= 15 is 0 Å². The van der Waals surface area contributed by atoms with Crippen molar-refractivity contribution in [3.05, 3.63) is 57.6 Å². The van der Waals surface area contributed by atoms with Crippen LogP contribution in [0.3, 0.4) is 0 Å². The number of benzene rings is 1. The van der Waals surface area contributed by atoms with Crippen LogP contribution in [-0.2, 0) is 6.42 Å². The minimum atomic E-state index is -0.323. The lowest BCUT2D eigenvalue weighted by Crippen LogP contribution is -2.34. The van der Waals surface area contributed by atoms with Crippen molar-refractivity contribution in [1.82, 2.24) is 10.3 Å². The number of ketones is 1. The molecular formula is C20H17ClN2O4S. The Balaban J connectivity index is 1.47. The molecule has 3 heterocycles. The van der Waals surface area contributed by atoms with Gasteiger partial charge in [-0.25, -0.2) is 4.98 Å². The van der Waals surface area contributed by atoms with Gasteiger partial charge in [-0.05, 0) is 43.7 Å². The summed E-state index contributed by atoms with van der Waals surface area (Å²) in [6.45, 7) is 3.59. The van der Waals surface area contributed by atoms with Crippen molar-refractivity contribution in [2.75, 3.05) is 6.54 Å². The molecule has 28 heavy (non-hydrogen) atoms. The monoisotopic (exact) mass is 416 g/mol. The number of Topliss-reactive ketones (excluding diaryl/α,β-unsaturated/α-hetero) is 1. The number of hydrogen-bond acceptors (Lipinski definition) is 6. The standard InChI is InChI=1S/C20H17ClN2O4S/c1-10-18(26-9-23-10)20(25)22-8-14-6-13-5-12(7-15(21)19(13)27-14)17-4-3-16(28-17)11(2)24/h3-5,7,9,14H,6,8H2,1-2H3,(H,22,25). The zero-order chi connectivity index (χ0) is 19.8. The third-order valence-corrected chi connectivity index (χ3v) is 6.05. The molecule has 4 rings (SSSR count). The second kappa shape index (κ2) is 7.41. The molecule has 0 saturated carbocycles. The van der Waals surface area contributed by atoms with E-state index in [-0.39, 0.29) is 23.6 Å². The van der Waals surface area contributed by atoms with Crippen molar-refractivity contribution in [3.63, 3.8) is 0 Å². The summed E-state index contributed by atoms with van der Waals surface area (Å²) in [6.07, 6.45) is 1.66. The lowest BCUT2D eigenvalue weighted by atomic mass is 10.1. The molecule has 2 aromatic heterocycles. The topological polar surface area (TPSA) is 81.4 Å².